The first-order chi connectivity index (χ1) is 23.1. The number of nitrogens with zero attached hydrogens (tertiary/aromatic N) is 2. The Morgan fingerprint density at radius 1 is 1.02 bits per heavy atom. The number of methoxy groups -OCH3 is 2. The van der Waals surface area contributed by atoms with Crippen molar-refractivity contribution in [2.45, 2.75) is 59.0 Å². The minimum Gasteiger partial charge on any atom is -0.495 e. The number of rotatable bonds is 15. The zero-order valence-electron chi connectivity index (χ0n) is 28.6. The van der Waals surface area contributed by atoms with Crippen LogP contribution in [0.1, 0.15) is 48.7 Å². The number of hydrogen-bond donors (Lipinski definition) is 3. The second-order valence-corrected chi connectivity index (χ2v) is 11.7. The molecule has 258 valence electrons. The number of ether oxygens (including phenoxy) is 4. The fourth-order valence-electron chi connectivity index (χ4n) is 5.91. The predicted molar refractivity (Wildman–Crippen MR) is 184 cm³/mol. The van der Waals surface area contributed by atoms with Crippen LogP contribution in [0.3, 0.4) is 0 Å². The molecular weight excluding hydrogens is 614 g/mol. The average Bonchev–Trinajstić information content (AvgIpc) is 3.06. The summed E-state index contributed by atoms with van der Waals surface area (Å²) in [5.41, 5.74) is 8.93. The molecule has 4 rings (SSSR count). The van der Waals surface area contributed by atoms with Gasteiger partial charge < -0.3 is 30.0 Å². The molecule has 3 aromatic carbocycles. The van der Waals surface area contributed by atoms with E-state index >= 15 is 0 Å². The fraction of sp³-hybridized carbons (Fsp3) is 0.417. The van der Waals surface area contributed by atoms with Crippen LogP contribution in [0, 0.1) is 6.92 Å². The molecule has 1 heterocycles. The highest BCUT2D eigenvalue weighted by molar-refractivity contribution is 6.00. The number of Topliss-reactive ketones (excluding diaryl/α,β-unsaturated/α-hetero) is 1. The summed E-state index contributed by atoms with van der Waals surface area (Å²) in [5.74, 6) is 0.850. The van der Waals surface area contributed by atoms with E-state index in [2.05, 4.69) is 22.5 Å². The lowest BCUT2D eigenvalue weighted by molar-refractivity contribution is -0.120. The van der Waals surface area contributed by atoms with E-state index in [-0.39, 0.29) is 37.4 Å². The van der Waals surface area contributed by atoms with Gasteiger partial charge in [0.25, 0.3) is 0 Å². The van der Waals surface area contributed by atoms with Gasteiger partial charge in [-0.1, -0.05) is 24.3 Å². The number of nitrogens with two attached hydrogens (primary N) is 1. The minimum absolute atomic E-state index is 0.0160. The van der Waals surface area contributed by atoms with Gasteiger partial charge in [-0.3, -0.25) is 19.9 Å². The topological polar surface area (TPSA) is 145 Å². The predicted octanol–water partition coefficient (Wildman–Crippen LogP) is 4.54. The maximum atomic E-state index is 13.6. The maximum absolute atomic E-state index is 13.6. The normalized spacial score (nSPS) is 16.0. The summed E-state index contributed by atoms with van der Waals surface area (Å²) >= 11 is 0. The third kappa shape index (κ3) is 9.03. The smallest absolute Gasteiger partial charge is 0.338 e. The van der Waals surface area contributed by atoms with Crippen molar-refractivity contribution in [3.63, 3.8) is 0 Å². The van der Waals surface area contributed by atoms with E-state index in [1.54, 1.807) is 37.3 Å². The molecule has 48 heavy (non-hydrogen) atoms. The van der Waals surface area contributed by atoms with Crippen LogP contribution < -0.4 is 35.5 Å². The number of carbonyl (C=O) groups is 3. The Bertz CT molecular complexity index is 1580. The van der Waals surface area contributed by atoms with Gasteiger partial charge in [-0.25, -0.2) is 9.59 Å². The van der Waals surface area contributed by atoms with E-state index in [0.29, 0.717) is 34.2 Å². The number of para-hydroxylation sites is 1. The molecule has 2 amide bonds. The maximum Gasteiger partial charge on any atom is 0.338 e. The monoisotopic (exact) mass is 661 g/mol. The van der Waals surface area contributed by atoms with E-state index in [1.807, 2.05) is 44.2 Å². The molecule has 0 saturated carbocycles. The first kappa shape index (κ1) is 36.2. The Kier molecular flexibility index (Phi) is 12.8. The highest BCUT2D eigenvalue weighted by Gasteiger charge is 2.30. The molecule has 3 aromatic rings. The van der Waals surface area contributed by atoms with Gasteiger partial charge in [0.2, 0.25) is 0 Å². The SMILES string of the molecule is CCOC(=O)c1ccc(OC(C)NC(CC(=O)Cc2ccc(N(C(N)=O)c3ccccc3C)c(OC)c2)N2CCNCC2C)c(OC)c1. The van der Waals surface area contributed by atoms with Gasteiger partial charge in [0.15, 0.2) is 11.5 Å². The summed E-state index contributed by atoms with van der Waals surface area (Å²) in [6.07, 6.45) is -0.443. The van der Waals surface area contributed by atoms with E-state index in [1.165, 1.54) is 19.1 Å². The lowest BCUT2D eigenvalue weighted by atomic mass is 10.0. The molecule has 4 N–H and O–H groups in total. The van der Waals surface area contributed by atoms with Gasteiger partial charge in [0.1, 0.15) is 17.8 Å². The third-order valence-corrected chi connectivity index (χ3v) is 8.24. The first-order valence-electron chi connectivity index (χ1n) is 16.1. The minimum atomic E-state index is -0.644. The van der Waals surface area contributed by atoms with Gasteiger partial charge in [0.05, 0.1) is 43.9 Å². The Labute approximate surface area is 282 Å². The van der Waals surface area contributed by atoms with Crippen LogP contribution in [0.15, 0.2) is 60.7 Å². The summed E-state index contributed by atoms with van der Waals surface area (Å²) in [6, 6.07) is 17.2. The third-order valence-electron chi connectivity index (χ3n) is 8.24. The molecule has 0 aliphatic carbocycles. The van der Waals surface area contributed by atoms with Crippen LogP contribution >= 0.6 is 0 Å². The molecule has 3 unspecified atom stereocenters. The number of ketones is 1. The number of urea groups is 1. The van der Waals surface area contributed by atoms with Crippen molar-refractivity contribution in [2.75, 3.05) is 45.4 Å². The molecule has 0 aromatic heterocycles. The van der Waals surface area contributed by atoms with Gasteiger partial charge in [-0.15, -0.1) is 0 Å². The van der Waals surface area contributed by atoms with Crippen molar-refractivity contribution in [1.29, 1.82) is 0 Å². The van der Waals surface area contributed by atoms with Gasteiger partial charge in [0, 0.05) is 38.5 Å². The number of anilines is 2. The van der Waals surface area contributed by atoms with E-state index in [4.69, 9.17) is 24.7 Å². The highest BCUT2D eigenvalue weighted by atomic mass is 16.5. The number of carbonyl (C=O) groups excluding carboxylic acids is 3. The lowest BCUT2D eigenvalue weighted by Crippen LogP contribution is -2.60. The van der Waals surface area contributed by atoms with Crippen molar-refractivity contribution < 1.29 is 33.3 Å². The van der Waals surface area contributed by atoms with Crippen LogP contribution in [-0.4, -0.2) is 81.6 Å². The van der Waals surface area contributed by atoms with Crippen molar-refractivity contribution in [3.05, 3.63) is 77.4 Å². The standard InChI is InChI=1S/C36H47N5O7/c1-7-47-35(43)27-13-15-31(33(20-27)46-6)48-25(4)39-34(40-17-16-38-22-24(40)3)21-28(42)18-26-12-14-30(32(19-26)45-5)41(36(37)44)29-11-9-8-10-23(29)2/h8-15,19-20,24-25,34,38-39H,7,16-18,21-22H2,1-6H3,(H2,37,44). The molecule has 3 atom stereocenters. The number of nitrogens with one attached hydrogen (secondary N) is 2. The Morgan fingerprint density at radius 2 is 1.77 bits per heavy atom. The van der Waals surface area contributed by atoms with Crippen molar-refractivity contribution in [2.24, 2.45) is 5.73 Å². The van der Waals surface area contributed by atoms with Crippen LogP contribution in [-0.2, 0) is 16.0 Å². The number of hydrogen-bond acceptors (Lipinski definition) is 10. The van der Waals surface area contributed by atoms with Gasteiger partial charge >= 0.3 is 12.0 Å². The Hall–Kier alpha value is -4.65. The molecule has 12 heteroatoms. The largest absolute Gasteiger partial charge is 0.495 e. The van der Waals surface area contributed by atoms with Gasteiger partial charge in [-0.05, 0) is 75.2 Å². The van der Waals surface area contributed by atoms with Crippen LogP contribution in [0.5, 0.6) is 17.2 Å². The number of amides is 2. The Morgan fingerprint density at radius 3 is 2.44 bits per heavy atom. The van der Waals surface area contributed by atoms with Crippen molar-refractivity contribution in [1.82, 2.24) is 15.5 Å². The summed E-state index contributed by atoms with van der Waals surface area (Å²) < 4.78 is 22.5. The molecule has 1 aliphatic rings. The first-order valence-corrected chi connectivity index (χ1v) is 16.1. The van der Waals surface area contributed by atoms with Crippen molar-refractivity contribution in [3.8, 4) is 17.2 Å². The quantitative estimate of drug-likeness (QED) is 0.157. The Balaban J connectivity index is 1.51. The van der Waals surface area contributed by atoms with Crippen LogP contribution in [0.25, 0.3) is 0 Å². The average molecular weight is 662 g/mol. The molecule has 1 saturated heterocycles. The fourth-order valence-corrected chi connectivity index (χ4v) is 5.91. The summed E-state index contributed by atoms with van der Waals surface area (Å²) in [4.78, 5) is 42.1. The summed E-state index contributed by atoms with van der Waals surface area (Å²) in [6.45, 7) is 10.2. The molecule has 12 nitrogen and oxygen atoms in total. The second-order valence-electron chi connectivity index (χ2n) is 11.7. The molecule has 1 fully saturated rings. The molecule has 0 spiro atoms. The van der Waals surface area contributed by atoms with E-state index in [0.717, 1.165) is 30.8 Å². The molecule has 1 aliphatic heterocycles. The molecular formula is C36H47N5O7. The highest BCUT2D eigenvalue weighted by Crippen LogP contribution is 2.36. The second kappa shape index (κ2) is 17.0. The summed E-state index contributed by atoms with van der Waals surface area (Å²) in [7, 11) is 3.03. The van der Waals surface area contributed by atoms with Crippen molar-refractivity contribution >= 4 is 29.2 Å². The van der Waals surface area contributed by atoms with E-state index in [9.17, 15) is 14.4 Å². The van der Waals surface area contributed by atoms with Crippen LogP contribution in [0.2, 0.25) is 0 Å². The number of primary amides is 1. The number of piperazine rings is 1. The van der Waals surface area contributed by atoms with Gasteiger partial charge in [-0.2, -0.15) is 0 Å². The molecule has 0 radical (unpaired) electrons. The zero-order chi connectivity index (χ0) is 34.8. The number of benzene rings is 3. The molecule has 0 bridgehead atoms. The number of aryl methyl sites for hydroxylation is 1. The van der Waals surface area contributed by atoms with Crippen LogP contribution in [0.4, 0.5) is 16.2 Å². The lowest BCUT2D eigenvalue weighted by Gasteiger charge is -2.41. The summed E-state index contributed by atoms with van der Waals surface area (Å²) in [5, 5.41) is 6.90. The van der Waals surface area contributed by atoms with E-state index < -0.39 is 18.2 Å². The zero-order valence-corrected chi connectivity index (χ0v) is 28.6. The number of esters is 1.